The highest BCUT2D eigenvalue weighted by atomic mass is 16.6. The van der Waals surface area contributed by atoms with E-state index in [1.165, 1.54) is 6.08 Å². The minimum absolute atomic E-state index is 0.0189. The molecule has 0 saturated carbocycles. The van der Waals surface area contributed by atoms with Crippen LogP contribution in [0.5, 0.6) is 0 Å². The highest BCUT2D eigenvalue weighted by Crippen LogP contribution is 2.34. The Kier molecular flexibility index (Phi) is 6.96. The first-order chi connectivity index (χ1) is 12.7. The SMILES string of the molecule is C=C1C(=O)OC2C=C(C(=O)O)CCC=C(COC(=O)C(C)CC)CC(O)C12. The van der Waals surface area contributed by atoms with Crippen molar-refractivity contribution in [3.63, 3.8) is 0 Å². The second-order valence-corrected chi connectivity index (χ2v) is 7.01. The average molecular weight is 378 g/mol. The molecular formula is C20H26O7. The van der Waals surface area contributed by atoms with Crippen molar-refractivity contribution in [2.24, 2.45) is 11.8 Å². The van der Waals surface area contributed by atoms with Crippen LogP contribution in [-0.4, -0.2) is 46.9 Å². The monoisotopic (exact) mass is 378 g/mol. The van der Waals surface area contributed by atoms with Crippen LogP contribution in [0.25, 0.3) is 0 Å². The summed E-state index contributed by atoms with van der Waals surface area (Å²) >= 11 is 0. The van der Waals surface area contributed by atoms with Crippen molar-refractivity contribution in [2.45, 2.75) is 51.7 Å². The molecule has 4 unspecified atom stereocenters. The van der Waals surface area contributed by atoms with Crippen molar-refractivity contribution in [1.82, 2.24) is 0 Å². The Hall–Kier alpha value is -2.41. The zero-order valence-electron chi connectivity index (χ0n) is 15.6. The van der Waals surface area contributed by atoms with E-state index in [4.69, 9.17) is 9.47 Å². The molecule has 0 aromatic carbocycles. The summed E-state index contributed by atoms with van der Waals surface area (Å²) < 4.78 is 10.5. The van der Waals surface area contributed by atoms with E-state index in [9.17, 15) is 24.6 Å². The molecule has 2 rings (SSSR count). The summed E-state index contributed by atoms with van der Waals surface area (Å²) in [6.07, 6.45) is 2.78. The Morgan fingerprint density at radius 3 is 2.78 bits per heavy atom. The molecule has 1 heterocycles. The average Bonchev–Trinajstić information content (AvgIpc) is 2.90. The number of rotatable bonds is 5. The maximum Gasteiger partial charge on any atom is 0.334 e. The second kappa shape index (κ2) is 8.99. The first-order valence-electron chi connectivity index (χ1n) is 9.10. The molecule has 0 amide bonds. The molecule has 2 aliphatic rings. The van der Waals surface area contributed by atoms with Crippen molar-refractivity contribution in [1.29, 1.82) is 0 Å². The fourth-order valence-electron chi connectivity index (χ4n) is 3.16. The lowest BCUT2D eigenvalue weighted by atomic mass is 9.85. The van der Waals surface area contributed by atoms with E-state index >= 15 is 0 Å². The molecule has 0 radical (unpaired) electrons. The fourth-order valence-corrected chi connectivity index (χ4v) is 3.16. The second-order valence-electron chi connectivity index (χ2n) is 7.01. The van der Waals surface area contributed by atoms with Gasteiger partial charge < -0.3 is 19.7 Å². The van der Waals surface area contributed by atoms with E-state index in [1.54, 1.807) is 13.0 Å². The number of carboxylic acids is 1. The van der Waals surface area contributed by atoms with Crippen LogP contribution in [0.3, 0.4) is 0 Å². The summed E-state index contributed by atoms with van der Waals surface area (Å²) in [7, 11) is 0. The van der Waals surface area contributed by atoms with Crippen LogP contribution < -0.4 is 0 Å². The number of carbonyl (C=O) groups excluding carboxylic acids is 2. The van der Waals surface area contributed by atoms with Gasteiger partial charge in [-0.2, -0.15) is 0 Å². The maximum absolute atomic E-state index is 11.9. The molecule has 0 spiro atoms. The van der Waals surface area contributed by atoms with Gasteiger partial charge in [-0.15, -0.1) is 0 Å². The zero-order valence-corrected chi connectivity index (χ0v) is 15.6. The normalized spacial score (nSPS) is 27.0. The van der Waals surface area contributed by atoms with Crippen LogP contribution >= 0.6 is 0 Å². The van der Waals surface area contributed by atoms with Crippen LogP contribution in [0.2, 0.25) is 0 Å². The highest BCUT2D eigenvalue weighted by molar-refractivity contribution is 5.92. The lowest BCUT2D eigenvalue weighted by Crippen LogP contribution is -2.30. The topological polar surface area (TPSA) is 110 Å². The van der Waals surface area contributed by atoms with E-state index in [-0.39, 0.29) is 42.5 Å². The van der Waals surface area contributed by atoms with E-state index in [1.807, 2.05) is 6.92 Å². The number of aliphatic carboxylic acids is 1. The van der Waals surface area contributed by atoms with Crippen molar-refractivity contribution in [3.8, 4) is 0 Å². The smallest absolute Gasteiger partial charge is 0.334 e. The first kappa shape index (κ1) is 20.9. The van der Waals surface area contributed by atoms with Gasteiger partial charge in [0, 0.05) is 11.1 Å². The lowest BCUT2D eigenvalue weighted by molar-refractivity contribution is -0.147. The minimum Gasteiger partial charge on any atom is -0.478 e. The van der Waals surface area contributed by atoms with Gasteiger partial charge in [0.05, 0.1) is 17.9 Å². The van der Waals surface area contributed by atoms with Crippen LogP contribution in [-0.2, 0) is 23.9 Å². The summed E-state index contributed by atoms with van der Waals surface area (Å²) in [5.41, 5.74) is 0.899. The highest BCUT2D eigenvalue weighted by Gasteiger charge is 2.42. The predicted octanol–water partition coefficient (Wildman–Crippen LogP) is 2.16. The fraction of sp³-hybridized carbons (Fsp3) is 0.550. The maximum atomic E-state index is 11.9. The van der Waals surface area contributed by atoms with Crippen molar-refractivity contribution < 1.29 is 34.1 Å². The van der Waals surface area contributed by atoms with Crippen LogP contribution in [0.1, 0.15) is 39.5 Å². The zero-order chi connectivity index (χ0) is 20.1. The minimum atomic E-state index is -1.10. The summed E-state index contributed by atoms with van der Waals surface area (Å²) in [5.74, 6) is -3.02. The van der Waals surface area contributed by atoms with E-state index in [0.29, 0.717) is 18.4 Å². The number of allylic oxidation sites excluding steroid dienone is 1. The number of hydrogen-bond acceptors (Lipinski definition) is 6. The van der Waals surface area contributed by atoms with Crippen molar-refractivity contribution in [2.75, 3.05) is 6.61 Å². The quantitative estimate of drug-likeness (QED) is 0.428. The Labute approximate surface area is 158 Å². The van der Waals surface area contributed by atoms with Crippen LogP contribution in [0.15, 0.2) is 35.5 Å². The third-order valence-electron chi connectivity index (χ3n) is 5.05. The molecule has 7 heteroatoms. The summed E-state index contributed by atoms with van der Waals surface area (Å²) in [6, 6.07) is 0. The van der Waals surface area contributed by atoms with Gasteiger partial charge in [0.25, 0.3) is 0 Å². The molecule has 2 N–H and O–H groups in total. The van der Waals surface area contributed by atoms with Gasteiger partial charge in [0.2, 0.25) is 0 Å². The van der Waals surface area contributed by atoms with Gasteiger partial charge in [0.1, 0.15) is 12.7 Å². The molecular weight excluding hydrogens is 352 g/mol. The number of fused-ring (bicyclic) bond motifs is 1. The standard InChI is InChI=1S/C20H26O7/c1-4-11(2)19(24)26-10-13-6-5-7-14(18(22)23)9-16-17(15(21)8-13)12(3)20(25)27-16/h6,9,11,15-17,21H,3-5,7-8,10H2,1-2H3,(H,22,23). The van der Waals surface area contributed by atoms with Crippen molar-refractivity contribution >= 4 is 17.9 Å². The third-order valence-corrected chi connectivity index (χ3v) is 5.05. The molecule has 0 aromatic rings. The molecule has 0 aromatic heterocycles. The number of hydrogen-bond donors (Lipinski definition) is 2. The Morgan fingerprint density at radius 2 is 2.15 bits per heavy atom. The predicted molar refractivity (Wildman–Crippen MR) is 96.6 cm³/mol. The molecule has 1 saturated heterocycles. The number of aliphatic hydroxyl groups is 1. The number of carboxylic acid groups (broad SMARTS) is 1. The first-order valence-corrected chi connectivity index (χ1v) is 9.10. The largest absolute Gasteiger partial charge is 0.478 e. The van der Waals surface area contributed by atoms with Crippen molar-refractivity contribution in [3.05, 3.63) is 35.5 Å². The van der Waals surface area contributed by atoms with Gasteiger partial charge in [-0.25, -0.2) is 9.59 Å². The molecule has 7 nitrogen and oxygen atoms in total. The molecule has 148 valence electrons. The molecule has 4 atom stereocenters. The van der Waals surface area contributed by atoms with Gasteiger partial charge in [-0.3, -0.25) is 4.79 Å². The Balaban J connectivity index is 2.23. The Bertz CT molecular complexity index is 688. The number of esters is 2. The van der Waals surface area contributed by atoms with E-state index in [2.05, 4.69) is 6.58 Å². The summed E-state index contributed by atoms with van der Waals surface area (Å²) in [5, 5.41) is 20.0. The molecule has 0 bridgehead atoms. The number of carbonyl (C=O) groups is 3. The molecule has 1 fully saturated rings. The lowest BCUT2D eigenvalue weighted by Gasteiger charge is -2.24. The molecule has 27 heavy (non-hydrogen) atoms. The molecule has 1 aliphatic heterocycles. The van der Waals surface area contributed by atoms with E-state index in [0.717, 1.165) is 0 Å². The van der Waals surface area contributed by atoms with Gasteiger partial charge in [-0.05, 0) is 37.3 Å². The number of aliphatic hydroxyl groups excluding tert-OH is 1. The van der Waals surface area contributed by atoms with Gasteiger partial charge in [0.15, 0.2) is 0 Å². The number of ether oxygens (including phenoxy) is 2. The third kappa shape index (κ3) is 5.07. The van der Waals surface area contributed by atoms with Gasteiger partial charge >= 0.3 is 17.9 Å². The van der Waals surface area contributed by atoms with E-state index < -0.39 is 30.1 Å². The van der Waals surface area contributed by atoms with Crippen LogP contribution in [0.4, 0.5) is 0 Å². The van der Waals surface area contributed by atoms with Crippen LogP contribution in [0, 0.1) is 11.8 Å². The van der Waals surface area contributed by atoms with Gasteiger partial charge in [-0.1, -0.05) is 26.5 Å². The Morgan fingerprint density at radius 1 is 1.44 bits per heavy atom. The molecule has 1 aliphatic carbocycles. The summed E-state index contributed by atoms with van der Waals surface area (Å²) in [6.45, 7) is 7.37. The summed E-state index contributed by atoms with van der Waals surface area (Å²) in [4.78, 5) is 35.3.